The molecule has 1 aliphatic rings. The Bertz CT molecular complexity index is 104. The average molecular weight is 141 g/mol. The molecule has 0 radical (unpaired) electrons. The molecule has 0 saturated carbocycles. The van der Waals surface area contributed by atoms with Gasteiger partial charge in [0.1, 0.15) is 0 Å². The molecule has 2 atom stereocenters. The third-order valence-corrected chi connectivity index (χ3v) is 2.57. The number of likely N-dealkylation sites (N-methyl/N-ethyl adjacent to an activating group) is 1. The third-order valence-electron chi connectivity index (χ3n) is 2.57. The van der Waals surface area contributed by atoms with E-state index in [-0.39, 0.29) is 0 Å². The van der Waals surface area contributed by atoms with Crippen molar-refractivity contribution in [3.05, 3.63) is 0 Å². The molecule has 1 aliphatic heterocycles. The standard InChI is InChI=1S/C9H19N/c1-6(2)8-9(7(3)4)10(8)5/h6-9H,1-5H3. The fourth-order valence-electron chi connectivity index (χ4n) is 2.12. The molecule has 0 aromatic carbocycles. The van der Waals surface area contributed by atoms with E-state index in [9.17, 15) is 0 Å². The second-order valence-corrected chi connectivity index (χ2v) is 4.13. The lowest BCUT2D eigenvalue weighted by Gasteiger charge is -2.01. The molecule has 10 heavy (non-hydrogen) atoms. The first kappa shape index (κ1) is 8.06. The lowest BCUT2D eigenvalue weighted by Crippen LogP contribution is -2.07. The summed E-state index contributed by atoms with van der Waals surface area (Å²) < 4.78 is 0. The number of rotatable bonds is 2. The minimum absolute atomic E-state index is 0.831. The van der Waals surface area contributed by atoms with Crippen LogP contribution in [0.25, 0.3) is 0 Å². The van der Waals surface area contributed by atoms with Gasteiger partial charge in [-0.15, -0.1) is 0 Å². The molecule has 0 aliphatic carbocycles. The van der Waals surface area contributed by atoms with Gasteiger partial charge in [-0.3, -0.25) is 4.90 Å². The highest BCUT2D eigenvalue weighted by Gasteiger charge is 2.47. The number of hydrogen-bond donors (Lipinski definition) is 0. The van der Waals surface area contributed by atoms with Gasteiger partial charge in [0.15, 0.2) is 0 Å². The second kappa shape index (κ2) is 2.54. The van der Waals surface area contributed by atoms with Gasteiger partial charge in [0.2, 0.25) is 0 Å². The fourth-order valence-corrected chi connectivity index (χ4v) is 2.12. The van der Waals surface area contributed by atoms with E-state index in [0.29, 0.717) is 0 Å². The maximum Gasteiger partial charge on any atom is 0.0277 e. The van der Waals surface area contributed by atoms with Crippen molar-refractivity contribution in [1.29, 1.82) is 0 Å². The van der Waals surface area contributed by atoms with Crippen LogP contribution in [0, 0.1) is 11.8 Å². The van der Waals surface area contributed by atoms with E-state index in [1.54, 1.807) is 0 Å². The molecule has 2 unspecified atom stereocenters. The van der Waals surface area contributed by atoms with Gasteiger partial charge in [-0.2, -0.15) is 0 Å². The van der Waals surface area contributed by atoms with E-state index in [1.165, 1.54) is 0 Å². The zero-order valence-corrected chi connectivity index (χ0v) is 7.76. The summed E-state index contributed by atoms with van der Waals surface area (Å²) >= 11 is 0. The molecule has 1 heteroatoms. The summed E-state index contributed by atoms with van der Waals surface area (Å²) in [5.74, 6) is 1.66. The fraction of sp³-hybridized carbons (Fsp3) is 1.00. The van der Waals surface area contributed by atoms with Crippen molar-refractivity contribution in [2.75, 3.05) is 7.05 Å². The lowest BCUT2D eigenvalue weighted by molar-refractivity contribution is 0.488. The van der Waals surface area contributed by atoms with Crippen LogP contribution in [0.4, 0.5) is 0 Å². The molecule has 0 spiro atoms. The smallest absolute Gasteiger partial charge is 0.0277 e. The largest absolute Gasteiger partial charge is 0.297 e. The predicted molar refractivity (Wildman–Crippen MR) is 45.0 cm³/mol. The quantitative estimate of drug-likeness (QED) is 0.531. The summed E-state index contributed by atoms with van der Waals surface area (Å²) in [7, 11) is 2.23. The van der Waals surface area contributed by atoms with Crippen LogP contribution in [-0.4, -0.2) is 24.0 Å². The summed E-state index contributed by atoms with van der Waals surface area (Å²) in [5, 5.41) is 0. The van der Waals surface area contributed by atoms with Crippen molar-refractivity contribution in [3.63, 3.8) is 0 Å². The average Bonchev–Trinajstić information content (AvgIpc) is 2.40. The second-order valence-electron chi connectivity index (χ2n) is 4.13. The van der Waals surface area contributed by atoms with Gasteiger partial charge in [-0.25, -0.2) is 0 Å². The van der Waals surface area contributed by atoms with Crippen LogP contribution < -0.4 is 0 Å². The summed E-state index contributed by atoms with van der Waals surface area (Å²) in [5.41, 5.74) is 0. The molecule has 0 aromatic heterocycles. The van der Waals surface area contributed by atoms with Gasteiger partial charge in [0, 0.05) is 12.1 Å². The monoisotopic (exact) mass is 141 g/mol. The van der Waals surface area contributed by atoms with E-state index in [0.717, 1.165) is 23.9 Å². The van der Waals surface area contributed by atoms with Gasteiger partial charge in [0.05, 0.1) is 0 Å². The topological polar surface area (TPSA) is 3.01 Å². The minimum atomic E-state index is 0.831. The lowest BCUT2D eigenvalue weighted by atomic mass is 10.0. The predicted octanol–water partition coefficient (Wildman–Crippen LogP) is 1.98. The Kier molecular flexibility index (Phi) is 2.04. The van der Waals surface area contributed by atoms with Gasteiger partial charge >= 0.3 is 0 Å². The molecule has 0 aromatic rings. The molecular weight excluding hydrogens is 122 g/mol. The Morgan fingerprint density at radius 3 is 1.30 bits per heavy atom. The molecule has 0 bridgehead atoms. The van der Waals surface area contributed by atoms with Crippen molar-refractivity contribution in [1.82, 2.24) is 4.90 Å². The Balaban J connectivity index is 2.41. The Hall–Kier alpha value is -0.0400. The van der Waals surface area contributed by atoms with Crippen LogP contribution in [0.15, 0.2) is 0 Å². The van der Waals surface area contributed by atoms with Crippen LogP contribution in [-0.2, 0) is 0 Å². The third kappa shape index (κ3) is 1.20. The summed E-state index contributed by atoms with van der Waals surface area (Å²) in [6.07, 6.45) is 0. The van der Waals surface area contributed by atoms with E-state index < -0.39 is 0 Å². The Morgan fingerprint density at radius 2 is 1.20 bits per heavy atom. The molecule has 1 heterocycles. The minimum Gasteiger partial charge on any atom is -0.297 e. The highest BCUT2D eigenvalue weighted by molar-refractivity contribution is 5.02. The number of hydrogen-bond acceptors (Lipinski definition) is 1. The van der Waals surface area contributed by atoms with Crippen LogP contribution in [0.3, 0.4) is 0 Å². The van der Waals surface area contributed by atoms with Crippen molar-refractivity contribution < 1.29 is 0 Å². The maximum absolute atomic E-state index is 2.48. The van der Waals surface area contributed by atoms with Crippen LogP contribution in [0.1, 0.15) is 27.7 Å². The van der Waals surface area contributed by atoms with Crippen LogP contribution in [0.5, 0.6) is 0 Å². The summed E-state index contributed by atoms with van der Waals surface area (Å²) in [6.45, 7) is 9.24. The van der Waals surface area contributed by atoms with E-state index in [4.69, 9.17) is 0 Å². The normalized spacial score (nSPS) is 39.3. The van der Waals surface area contributed by atoms with Crippen molar-refractivity contribution in [2.45, 2.75) is 39.8 Å². The highest BCUT2D eigenvalue weighted by atomic mass is 15.3. The molecule has 1 fully saturated rings. The molecule has 1 rings (SSSR count). The zero-order valence-electron chi connectivity index (χ0n) is 7.76. The van der Waals surface area contributed by atoms with Gasteiger partial charge < -0.3 is 0 Å². The molecule has 60 valence electrons. The molecule has 0 amide bonds. The van der Waals surface area contributed by atoms with Crippen LogP contribution >= 0.6 is 0 Å². The summed E-state index contributed by atoms with van der Waals surface area (Å²) in [6, 6.07) is 1.72. The Labute approximate surface area is 64.4 Å². The van der Waals surface area contributed by atoms with Crippen molar-refractivity contribution >= 4 is 0 Å². The van der Waals surface area contributed by atoms with Crippen molar-refractivity contribution in [3.8, 4) is 0 Å². The SMILES string of the molecule is CC(C)C1C(C(C)C)N1C. The highest BCUT2D eigenvalue weighted by Crippen LogP contribution is 2.36. The molecule has 0 N–H and O–H groups in total. The van der Waals surface area contributed by atoms with E-state index in [1.807, 2.05) is 0 Å². The van der Waals surface area contributed by atoms with Gasteiger partial charge in [0.25, 0.3) is 0 Å². The van der Waals surface area contributed by atoms with E-state index >= 15 is 0 Å². The first-order valence-electron chi connectivity index (χ1n) is 4.27. The first-order valence-corrected chi connectivity index (χ1v) is 4.27. The zero-order chi connectivity index (χ0) is 7.89. The summed E-state index contributed by atoms with van der Waals surface area (Å²) in [4.78, 5) is 2.48. The van der Waals surface area contributed by atoms with E-state index in [2.05, 4.69) is 39.6 Å². The van der Waals surface area contributed by atoms with Gasteiger partial charge in [-0.1, -0.05) is 27.7 Å². The Morgan fingerprint density at radius 1 is 0.900 bits per heavy atom. The molecule has 1 saturated heterocycles. The molecule has 1 nitrogen and oxygen atoms in total. The van der Waals surface area contributed by atoms with Crippen LogP contribution in [0.2, 0.25) is 0 Å². The first-order chi connectivity index (χ1) is 4.55. The number of nitrogens with zero attached hydrogens (tertiary/aromatic N) is 1. The van der Waals surface area contributed by atoms with Gasteiger partial charge in [-0.05, 0) is 18.9 Å². The molecular formula is C9H19N. The van der Waals surface area contributed by atoms with Crippen molar-refractivity contribution in [2.24, 2.45) is 11.8 Å². The maximum atomic E-state index is 2.48.